The minimum Gasteiger partial charge on any atom is -0.497 e. The molecular formula is C31H48O3. The first-order valence-corrected chi connectivity index (χ1v) is 14.5. The Labute approximate surface area is 208 Å². The summed E-state index contributed by atoms with van der Waals surface area (Å²) in [6.45, 7) is 2.31. The van der Waals surface area contributed by atoms with E-state index in [0.29, 0.717) is 5.75 Å². The zero-order valence-electron chi connectivity index (χ0n) is 21.8. The molecule has 1 aromatic rings. The fourth-order valence-corrected chi connectivity index (χ4v) is 7.42. The zero-order valence-corrected chi connectivity index (χ0v) is 21.8. The molecule has 3 nitrogen and oxygen atoms in total. The van der Waals surface area contributed by atoms with Crippen molar-refractivity contribution in [3.05, 3.63) is 24.3 Å². The second-order valence-corrected chi connectivity index (χ2v) is 11.7. The third-order valence-electron chi connectivity index (χ3n) is 9.53. The van der Waals surface area contributed by atoms with Crippen molar-refractivity contribution in [3.8, 4) is 11.5 Å². The quantitative estimate of drug-likeness (QED) is 0.196. The van der Waals surface area contributed by atoms with Crippen LogP contribution in [0.4, 0.5) is 0 Å². The van der Waals surface area contributed by atoms with Crippen molar-refractivity contribution in [2.75, 3.05) is 7.11 Å². The van der Waals surface area contributed by atoms with E-state index in [1.165, 1.54) is 89.9 Å². The summed E-state index contributed by atoms with van der Waals surface area (Å²) < 4.78 is 10.9. The normalized spacial score (nSPS) is 31.5. The summed E-state index contributed by atoms with van der Waals surface area (Å²) in [5, 5.41) is 0. The van der Waals surface area contributed by atoms with E-state index in [1.54, 1.807) is 7.11 Å². The van der Waals surface area contributed by atoms with Gasteiger partial charge in [0.05, 0.1) is 13.0 Å². The molecule has 0 heterocycles. The second-order valence-electron chi connectivity index (χ2n) is 11.7. The smallest absolute Gasteiger partial charge is 0.314 e. The molecule has 3 heteroatoms. The standard InChI is InChI=1S/C31H48O3/c1-3-4-5-6-7-8-23-9-10-28-22-27(16-15-26(28)21-23)24-11-13-25(14-12-24)31(32)34-30-19-17-29(33-2)18-20-30/h17-20,23-28H,3-16,21-22H2,1-2H3. The number of carbonyl (C=O) groups is 1. The summed E-state index contributed by atoms with van der Waals surface area (Å²) in [4.78, 5) is 12.7. The number of ether oxygens (including phenoxy) is 2. The van der Waals surface area contributed by atoms with Crippen LogP contribution < -0.4 is 9.47 Å². The number of rotatable bonds is 10. The van der Waals surface area contributed by atoms with Gasteiger partial charge in [-0.3, -0.25) is 4.79 Å². The summed E-state index contributed by atoms with van der Waals surface area (Å²) in [5.74, 6) is 6.21. The van der Waals surface area contributed by atoms with Gasteiger partial charge in [-0.25, -0.2) is 0 Å². The molecule has 3 aliphatic carbocycles. The molecule has 34 heavy (non-hydrogen) atoms. The van der Waals surface area contributed by atoms with Crippen LogP contribution in [0.2, 0.25) is 0 Å². The van der Waals surface area contributed by atoms with Crippen LogP contribution in [0.5, 0.6) is 11.5 Å². The first kappa shape index (κ1) is 25.6. The number of unbranched alkanes of at least 4 members (excludes halogenated alkanes) is 4. The molecule has 4 unspecified atom stereocenters. The van der Waals surface area contributed by atoms with E-state index in [0.717, 1.165) is 48.2 Å². The summed E-state index contributed by atoms with van der Waals surface area (Å²) in [6, 6.07) is 7.33. The average molecular weight is 469 g/mol. The summed E-state index contributed by atoms with van der Waals surface area (Å²) in [7, 11) is 1.65. The predicted octanol–water partition coefficient (Wildman–Crippen LogP) is 8.60. The Balaban J connectivity index is 1.16. The highest BCUT2D eigenvalue weighted by Gasteiger charge is 2.39. The van der Waals surface area contributed by atoms with Gasteiger partial charge in [0.1, 0.15) is 11.5 Å². The van der Waals surface area contributed by atoms with Gasteiger partial charge in [-0.15, -0.1) is 0 Å². The van der Waals surface area contributed by atoms with Gasteiger partial charge in [-0.2, -0.15) is 0 Å². The number of hydrogen-bond donors (Lipinski definition) is 0. The van der Waals surface area contributed by atoms with E-state index in [4.69, 9.17) is 9.47 Å². The minimum atomic E-state index is -0.0414. The number of fused-ring (bicyclic) bond motifs is 1. The number of carbonyl (C=O) groups excluding carboxylic acids is 1. The SMILES string of the molecule is CCCCCCCC1CCC2CC(C3CCC(C(=O)Oc4ccc(OC)cc4)CC3)CCC2C1. The monoisotopic (exact) mass is 468 g/mol. The molecule has 3 aliphatic rings. The molecule has 4 rings (SSSR count). The molecule has 190 valence electrons. The van der Waals surface area contributed by atoms with Gasteiger partial charge in [-0.1, -0.05) is 51.9 Å². The zero-order chi connectivity index (χ0) is 23.8. The number of hydrogen-bond acceptors (Lipinski definition) is 3. The molecule has 0 amide bonds. The van der Waals surface area contributed by atoms with Gasteiger partial charge in [0.15, 0.2) is 0 Å². The van der Waals surface area contributed by atoms with Crippen LogP contribution in [0, 0.1) is 35.5 Å². The van der Waals surface area contributed by atoms with Crippen LogP contribution in [0.15, 0.2) is 24.3 Å². The van der Waals surface area contributed by atoms with Gasteiger partial charge in [-0.05, 0) is 112 Å². The Hall–Kier alpha value is -1.51. The lowest BCUT2D eigenvalue weighted by Gasteiger charge is -2.45. The Morgan fingerprint density at radius 1 is 0.735 bits per heavy atom. The highest BCUT2D eigenvalue weighted by atomic mass is 16.5. The fourth-order valence-electron chi connectivity index (χ4n) is 7.42. The summed E-state index contributed by atoms with van der Waals surface area (Å²) >= 11 is 0. The van der Waals surface area contributed by atoms with Crippen molar-refractivity contribution in [3.63, 3.8) is 0 Å². The van der Waals surface area contributed by atoms with Gasteiger partial charge in [0.25, 0.3) is 0 Å². The van der Waals surface area contributed by atoms with Gasteiger partial charge in [0.2, 0.25) is 0 Å². The Morgan fingerprint density at radius 2 is 1.32 bits per heavy atom. The first-order chi connectivity index (χ1) is 16.7. The molecule has 0 aromatic heterocycles. The van der Waals surface area contributed by atoms with Crippen molar-refractivity contribution in [1.29, 1.82) is 0 Å². The van der Waals surface area contributed by atoms with Crippen molar-refractivity contribution in [1.82, 2.24) is 0 Å². The molecule has 0 saturated heterocycles. The first-order valence-electron chi connectivity index (χ1n) is 14.5. The highest BCUT2D eigenvalue weighted by Crippen LogP contribution is 2.49. The summed E-state index contributed by atoms with van der Waals surface area (Å²) in [5.41, 5.74) is 0. The molecule has 0 bridgehead atoms. The molecule has 0 aliphatic heterocycles. The van der Waals surface area contributed by atoms with Gasteiger partial charge >= 0.3 is 5.97 Å². The Bertz CT molecular complexity index is 734. The largest absolute Gasteiger partial charge is 0.497 e. The number of esters is 1. The van der Waals surface area contributed by atoms with Crippen LogP contribution in [-0.4, -0.2) is 13.1 Å². The predicted molar refractivity (Wildman–Crippen MR) is 139 cm³/mol. The molecule has 3 saturated carbocycles. The summed E-state index contributed by atoms with van der Waals surface area (Å²) in [6.07, 6.45) is 22.0. The number of methoxy groups -OCH3 is 1. The van der Waals surface area contributed by atoms with Crippen LogP contribution in [0.3, 0.4) is 0 Å². The van der Waals surface area contributed by atoms with Crippen LogP contribution in [0.25, 0.3) is 0 Å². The minimum absolute atomic E-state index is 0.0414. The topological polar surface area (TPSA) is 35.5 Å². The Kier molecular flexibility index (Phi) is 9.77. The van der Waals surface area contributed by atoms with E-state index in [-0.39, 0.29) is 11.9 Å². The maximum atomic E-state index is 12.7. The molecule has 1 aromatic carbocycles. The maximum Gasteiger partial charge on any atom is 0.314 e. The molecule has 3 fully saturated rings. The Morgan fingerprint density at radius 3 is 2.03 bits per heavy atom. The molecule has 0 radical (unpaired) electrons. The lowest BCUT2D eigenvalue weighted by molar-refractivity contribution is -0.140. The lowest BCUT2D eigenvalue weighted by atomic mass is 9.60. The van der Waals surface area contributed by atoms with Crippen molar-refractivity contribution in [2.24, 2.45) is 35.5 Å². The van der Waals surface area contributed by atoms with E-state index >= 15 is 0 Å². The second kappa shape index (κ2) is 13.0. The van der Waals surface area contributed by atoms with Gasteiger partial charge < -0.3 is 9.47 Å². The van der Waals surface area contributed by atoms with E-state index in [1.807, 2.05) is 24.3 Å². The number of benzene rings is 1. The van der Waals surface area contributed by atoms with Crippen LogP contribution in [-0.2, 0) is 4.79 Å². The molecule has 0 N–H and O–H groups in total. The van der Waals surface area contributed by atoms with Crippen molar-refractivity contribution < 1.29 is 14.3 Å². The third kappa shape index (κ3) is 7.01. The van der Waals surface area contributed by atoms with Crippen molar-refractivity contribution in [2.45, 2.75) is 110 Å². The average Bonchev–Trinajstić information content (AvgIpc) is 2.88. The third-order valence-corrected chi connectivity index (χ3v) is 9.53. The van der Waals surface area contributed by atoms with Crippen LogP contribution in [0.1, 0.15) is 110 Å². The van der Waals surface area contributed by atoms with E-state index < -0.39 is 0 Å². The molecular weight excluding hydrogens is 420 g/mol. The highest BCUT2D eigenvalue weighted by molar-refractivity contribution is 5.75. The fraction of sp³-hybridized carbons (Fsp3) is 0.774. The lowest BCUT2D eigenvalue weighted by Crippen LogP contribution is -2.35. The molecule has 4 atom stereocenters. The maximum absolute atomic E-state index is 12.7. The van der Waals surface area contributed by atoms with Crippen LogP contribution >= 0.6 is 0 Å². The molecule has 0 spiro atoms. The van der Waals surface area contributed by atoms with Gasteiger partial charge in [0, 0.05) is 0 Å². The van der Waals surface area contributed by atoms with E-state index in [9.17, 15) is 4.79 Å². The van der Waals surface area contributed by atoms with E-state index in [2.05, 4.69) is 6.92 Å². The van der Waals surface area contributed by atoms with Crippen molar-refractivity contribution >= 4 is 5.97 Å².